The van der Waals surface area contributed by atoms with E-state index in [2.05, 4.69) is 10.5 Å². The van der Waals surface area contributed by atoms with Crippen molar-refractivity contribution in [3.05, 3.63) is 0 Å². The van der Waals surface area contributed by atoms with Gasteiger partial charge in [0.15, 0.2) is 0 Å². The van der Waals surface area contributed by atoms with Crippen molar-refractivity contribution < 1.29 is 19.5 Å². The van der Waals surface area contributed by atoms with Crippen LogP contribution < -0.4 is 5.32 Å². The Morgan fingerprint density at radius 3 is 2.56 bits per heavy atom. The number of carbonyl (C=O) groups excluding carboxylic acids is 1. The van der Waals surface area contributed by atoms with E-state index in [1.165, 1.54) is 0 Å². The second-order valence-corrected chi connectivity index (χ2v) is 4.98. The molecular formula is C9H20N2O4Si. The van der Waals surface area contributed by atoms with Gasteiger partial charge in [-0.3, -0.25) is 4.79 Å². The van der Waals surface area contributed by atoms with Crippen LogP contribution in [0.4, 0.5) is 0 Å². The molecule has 0 aromatic carbocycles. The first-order chi connectivity index (χ1) is 7.67. The van der Waals surface area contributed by atoms with E-state index in [0.717, 1.165) is 0 Å². The van der Waals surface area contributed by atoms with Crippen molar-refractivity contribution in [1.29, 1.82) is 0 Å². The highest BCUT2D eigenvalue weighted by Crippen LogP contribution is 1.92. The summed E-state index contributed by atoms with van der Waals surface area (Å²) in [6, 6.07) is 0. The van der Waals surface area contributed by atoms with Gasteiger partial charge in [0.2, 0.25) is 5.91 Å². The number of nitrogens with zero attached hydrogens (tertiary/aromatic N) is 1. The number of ether oxygens (including phenoxy) is 2. The van der Waals surface area contributed by atoms with Gasteiger partial charge in [-0.05, 0) is 6.42 Å². The van der Waals surface area contributed by atoms with Crippen molar-refractivity contribution in [2.45, 2.75) is 25.7 Å². The van der Waals surface area contributed by atoms with E-state index < -0.39 is 9.52 Å². The molecule has 0 radical (unpaired) electrons. The molecule has 2 N–H and O–H groups in total. The summed E-state index contributed by atoms with van der Waals surface area (Å²) in [4.78, 5) is 11.4. The Kier molecular flexibility index (Phi) is 8.78. The molecule has 16 heavy (non-hydrogen) atoms. The molecule has 0 saturated carbocycles. The van der Waals surface area contributed by atoms with Gasteiger partial charge in [0.1, 0.15) is 15.4 Å². The highest BCUT2D eigenvalue weighted by Gasteiger charge is 2.09. The van der Waals surface area contributed by atoms with Crippen molar-refractivity contribution in [1.82, 2.24) is 5.32 Å². The first-order valence-electron chi connectivity index (χ1n) is 5.20. The van der Waals surface area contributed by atoms with Crippen molar-refractivity contribution in [3.8, 4) is 0 Å². The fraction of sp³-hybridized carbons (Fsp3) is 0.778. The van der Waals surface area contributed by atoms with Crippen LogP contribution in [0.3, 0.4) is 0 Å². The van der Waals surface area contributed by atoms with Gasteiger partial charge in [-0.2, -0.15) is 0 Å². The smallest absolute Gasteiger partial charge is 0.225 e. The summed E-state index contributed by atoms with van der Waals surface area (Å²) in [5.41, 5.74) is 0.481. The average molecular weight is 248 g/mol. The lowest BCUT2D eigenvalue weighted by atomic mass is 10.2. The molecule has 0 bridgehead atoms. The minimum absolute atomic E-state index is 0.131. The van der Waals surface area contributed by atoms with Crippen molar-refractivity contribution in [3.63, 3.8) is 0 Å². The lowest BCUT2D eigenvalue weighted by Gasteiger charge is -2.12. The molecule has 1 amide bonds. The Labute approximate surface area is 97.8 Å². The summed E-state index contributed by atoms with van der Waals surface area (Å²) in [6.07, 6.45) is 1.32. The van der Waals surface area contributed by atoms with E-state index in [-0.39, 0.29) is 18.2 Å². The van der Waals surface area contributed by atoms with Crippen LogP contribution in [0.5, 0.6) is 0 Å². The SMILES string of the molecule is CCC(CC(=O)NC[SiH2]C(OC)OC)=NO. The molecule has 0 saturated heterocycles. The zero-order valence-electron chi connectivity index (χ0n) is 10.0. The highest BCUT2D eigenvalue weighted by molar-refractivity contribution is 6.37. The maximum Gasteiger partial charge on any atom is 0.225 e. The third-order valence-electron chi connectivity index (χ3n) is 2.14. The minimum Gasteiger partial charge on any atom is -0.411 e. The molecule has 0 aliphatic heterocycles. The van der Waals surface area contributed by atoms with Gasteiger partial charge in [0, 0.05) is 20.4 Å². The Morgan fingerprint density at radius 2 is 2.12 bits per heavy atom. The maximum atomic E-state index is 11.4. The lowest BCUT2D eigenvalue weighted by molar-refractivity contribution is -0.119. The Hall–Kier alpha value is -0.923. The maximum absolute atomic E-state index is 11.4. The van der Waals surface area contributed by atoms with E-state index in [1.807, 2.05) is 6.92 Å². The van der Waals surface area contributed by atoms with E-state index in [1.54, 1.807) is 14.2 Å². The largest absolute Gasteiger partial charge is 0.411 e. The summed E-state index contributed by atoms with van der Waals surface area (Å²) in [5.74, 6) is -0.300. The molecule has 0 spiro atoms. The van der Waals surface area contributed by atoms with Crippen LogP contribution in [0.2, 0.25) is 0 Å². The molecule has 0 rings (SSSR count). The second-order valence-electron chi connectivity index (χ2n) is 3.24. The average Bonchev–Trinajstić information content (AvgIpc) is 2.31. The summed E-state index contributed by atoms with van der Waals surface area (Å²) in [5, 5.41) is 14.3. The number of rotatable bonds is 8. The predicted octanol–water partition coefficient (Wildman–Crippen LogP) is -0.564. The highest BCUT2D eigenvalue weighted by atomic mass is 28.2. The monoisotopic (exact) mass is 248 g/mol. The summed E-state index contributed by atoms with van der Waals surface area (Å²) in [6.45, 7) is 1.84. The number of nitrogens with one attached hydrogen (secondary N) is 1. The number of carbonyl (C=O) groups is 1. The molecule has 0 aromatic rings. The zero-order valence-corrected chi connectivity index (χ0v) is 11.4. The van der Waals surface area contributed by atoms with E-state index in [9.17, 15) is 4.79 Å². The normalized spacial score (nSPS) is 12.6. The fourth-order valence-corrected chi connectivity index (χ4v) is 2.27. The van der Waals surface area contributed by atoms with Gasteiger partial charge in [0.05, 0.1) is 12.1 Å². The van der Waals surface area contributed by atoms with Gasteiger partial charge < -0.3 is 20.0 Å². The second kappa shape index (κ2) is 9.31. The molecule has 0 atom stereocenters. The number of hydrogen-bond donors (Lipinski definition) is 2. The van der Waals surface area contributed by atoms with Gasteiger partial charge in [-0.15, -0.1) is 0 Å². The van der Waals surface area contributed by atoms with E-state index in [4.69, 9.17) is 14.7 Å². The lowest BCUT2D eigenvalue weighted by Crippen LogP contribution is -2.35. The first kappa shape index (κ1) is 15.1. The van der Waals surface area contributed by atoms with Crippen LogP contribution in [0.25, 0.3) is 0 Å². The van der Waals surface area contributed by atoms with Crippen molar-refractivity contribution >= 4 is 21.1 Å². The summed E-state index contributed by atoms with van der Waals surface area (Å²) in [7, 11) is 2.52. The van der Waals surface area contributed by atoms with E-state index in [0.29, 0.717) is 18.3 Å². The molecule has 7 heteroatoms. The van der Waals surface area contributed by atoms with Crippen LogP contribution in [-0.2, 0) is 14.3 Å². The standard InChI is InChI=1S/C9H20N2O4Si/c1-4-7(11-13)5-8(12)10-6-16-9(14-2)15-3/h9,13H,4-6,16H2,1-3H3,(H,10,12). The Bertz CT molecular complexity index is 232. The summed E-state index contributed by atoms with van der Waals surface area (Å²) < 4.78 is 10.1. The van der Waals surface area contributed by atoms with Crippen LogP contribution >= 0.6 is 0 Å². The van der Waals surface area contributed by atoms with Crippen molar-refractivity contribution in [2.24, 2.45) is 5.16 Å². The number of hydrogen-bond acceptors (Lipinski definition) is 5. The number of amides is 1. The van der Waals surface area contributed by atoms with Crippen LogP contribution in [-0.4, -0.2) is 52.6 Å². The van der Waals surface area contributed by atoms with Gasteiger partial charge >= 0.3 is 0 Å². The Morgan fingerprint density at radius 1 is 1.50 bits per heavy atom. The van der Waals surface area contributed by atoms with E-state index >= 15 is 0 Å². The topological polar surface area (TPSA) is 80.2 Å². The molecular weight excluding hydrogens is 228 g/mol. The van der Waals surface area contributed by atoms with Crippen LogP contribution in [0.1, 0.15) is 19.8 Å². The quantitative estimate of drug-likeness (QED) is 0.198. The number of oxime groups is 1. The molecule has 94 valence electrons. The fourth-order valence-electron chi connectivity index (χ4n) is 1.14. The molecule has 0 aromatic heterocycles. The molecule has 6 nitrogen and oxygen atoms in total. The third kappa shape index (κ3) is 6.54. The van der Waals surface area contributed by atoms with Crippen LogP contribution in [0.15, 0.2) is 5.16 Å². The number of methoxy groups -OCH3 is 2. The molecule has 0 fully saturated rings. The van der Waals surface area contributed by atoms with Crippen LogP contribution in [0, 0.1) is 0 Å². The van der Waals surface area contributed by atoms with Gasteiger partial charge in [-0.1, -0.05) is 12.1 Å². The first-order valence-corrected chi connectivity index (χ1v) is 7.01. The molecule has 0 aliphatic carbocycles. The zero-order chi connectivity index (χ0) is 12.4. The minimum atomic E-state index is -0.643. The molecule has 0 unspecified atom stereocenters. The molecule has 0 aliphatic rings. The Balaban J connectivity index is 3.73. The van der Waals surface area contributed by atoms with Gasteiger partial charge in [0.25, 0.3) is 0 Å². The predicted molar refractivity (Wildman–Crippen MR) is 63.5 cm³/mol. The van der Waals surface area contributed by atoms with Gasteiger partial charge in [-0.25, -0.2) is 0 Å². The third-order valence-corrected chi connectivity index (χ3v) is 3.82. The molecule has 0 heterocycles. The van der Waals surface area contributed by atoms with Crippen molar-refractivity contribution in [2.75, 3.05) is 20.4 Å². The summed E-state index contributed by atoms with van der Waals surface area (Å²) >= 11 is 0.